The zero-order valence-corrected chi connectivity index (χ0v) is 21.6. The van der Waals surface area contributed by atoms with Gasteiger partial charge in [-0.05, 0) is 50.4 Å². The molecule has 1 aromatic rings. The molecule has 31 heavy (non-hydrogen) atoms. The fourth-order valence-electron chi connectivity index (χ4n) is 4.70. The van der Waals surface area contributed by atoms with Crippen LogP contribution in [0.1, 0.15) is 70.9 Å². The van der Waals surface area contributed by atoms with Gasteiger partial charge in [-0.15, -0.1) is 0 Å². The molecule has 4 unspecified atom stereocenters. The van der Waals surface area contributed by atoms with E-state index >= 15 is 0 Å². The molecule has 0 N–H and O–H groups in total. The molecule has 4 atom stereocenters. The predicted molar refractivity (Wildman–Crippen MR) is 128 cm³/mol. The fourth-order valence-corrected chi connectivity index (χ4v) is 6.07. The third kappa shape index (κ3) is 5.09. The molecule has 1 aliphatic carbocycles. The quantitative estimate of drug-likeness (QED) is 0.277. The lowest BCUT2D eigenvalue weighted by Crippen LogP contribution is -2.45. The van der Waals surface area contributed by atoms with Crippen molar-refractivity contribution in [3.8, 4) is 5.75 Å². The van der Waals surface area contributed by atoms with Gasteiger partial charge in [0.15, 0.2) is 8.32 Å². The van der Waals surface area contributed by atoms with Crippen molar-refractivity contribution in [3.05, 3.63) is 41.0 Å². The van der Waals surface area contributed by atoms with Crippen LogP contribution >= 0.6 is 0 Å². The summed E-state index contributed by atoms with van der Waals surface area (Å²) in [4.78, 5) is 11.5. The topological polar surface area (TPSA) is 44.8 Å². The lowest BCUT2D eigenvalue weighted by Gasteiger charge is -2.40. The second kappa shape index (κ2) is 9.11. The molecule has 2 aliphatic rings. The smallest absolute Gasteiger partial charge is 0.305 e. The first-order valence-corrected chi connectivity index (χ1v) is 14.5. The molecule has 0 spiro atoms. The SMILES string of the molecule is COC(=O)CCCc1cccc2c1OC1CC(O[Si](C)(C)C(C)(C)C)C(C=C(C)C)C21. The van der Waals surface area contributed by atoms with Crippen molar-refractivity contribution in [2.24, 2.45) is 5.92 Å². The molecule has 3 rings (SSSR count). The van der Waals surface area contributed by atoms with E-state index in [0.29, 0.717) is 18.3 Å². The highest BCUT2D eigenvalue weighted by Gasteiger charge is 2.52. The van der Waals surface area contributed by atoms with Gasteiger partial charge in [0.1, 0.15) is 11.9 Å². The van der Waals surface area contributed by atoms with Gasteiger partial charge in [-0.25, -0.2) is 0 Å². The largest absolute Gasteiger partial charge is 0.489 e. The lowest BCUT2D eigenvalue weighted by atomic mass is 9.86. The summed E-state index contributed by atoms with van der Waals surface area (Å²) in [5.74, 6) is 1.55. The minimum Gasteiger partial charge on any atom is -0.489 e. The van der Waals surface area contributed by atoms with Crippen molar-refractivity contribution in [3.63, 3.8) is 0 Å². The van der Waals surface area contributed by atoms with Gasteiger partial charge in [0.05, 0.1) is 13.2 Å². The van der Waals surface area contributed by atoms with Crippen molar-refractivity contribution in [2.75, 3.05) is 7.11 Å². The normalized spacial score (nSPS) is 24.9. The van der Waals surface area contributed by atoms with E-state index in [1.54, 1.807) is 0 Å². The predicted octanol–water partition coefficient (Wildman–Crippen LogP) is 6.40. The summed E-state index contributed by atoms with van der Waals surface area (Å²) >= 11 is 0. The summed E-state index contributed by atoms with van der Waals surface area (Å²) in [7, 11) is -0.431. The molecule has 0 saturated heterocycles. The Labute approximate surface area is 189 Å². The number of ether oxygens (including phenoxy) is 2. The molecule has 172 valence electrons. The Balaban J connectivity index is 1.85. The number of carbonyl (C=O) groups excluding carboxylic acids is 1. The minimum absolute atomic E-state index is 0.153. The maximum Gasteiger partial charge on any atom is 0.305 e. The van der Waals surface area contributed by atoms with Gasteiger partial charge in [0, 0.05) is 30.2 Å². The van der Waals surface area contributed by atoms with Crippen molar-refractivity contribution in [1.29, 1.82) is 0 Å². The number of carbonyl (C=O) groups is 1. The second-order valence-corrected chi connectivity index (χ2v) is 15.7. The second-order valence-electron chi connectivity index (χ2n) is 10.9. The zero-order valence-electron chi connectivity index (χ0n) is 20.6. The van der Waals surface area contributed by atoms with E-state index in [0.717, 1.165) is 25.0 Å². The number of rotatable bonds is 7. The van der Waals surface area contributed by atoms with E-state index < -0.39 is 8.32 Å². The van der Waals surface area contributed by atoms with Gasteiger partial charge in [-0.1, -0.05) is 50.6 Å². The van der Waals surface area contributed by atoms with Crippen molar-refractivity contribution >= 4 is 14.3 Å². The highest BCUT2D eigenvalue weighted by atomic mass is 28.4. The average molecular weight is 445 g/mol. The Kier molecular flexibility index (Phi) is 7.07. The summed E-state index contributed by atoms with van der Waals surface area (Å²) < 4.78 is 18.3. The standard InChI is InChI=1S/C26H40O4Si/c1-17(2)15-20-21(30-31(7,8)26(3,4)5)16-22-24(20)19-13-9-11-18(25(19)29-22)12-10-14-23(27)28-6/h9,11,13,15,20-22,24H,10,12,14,16H2,1-8H3. The van der Waals surface area contributed by atoms with Crippen LogP contribution in [0.2, 0.25) is 18.1 Å². The molecule has 0 radical (unpaired) electrons. The Bertz CT molecular complexity index is 832. The number of para-hydroxylation sites is 1. The number of aryl methyl sites for hydroxylation is 1. The molecular formula is C26H40O4Si. The van der Waals surface area contributed by atoms with Gasteiger partial charge in [0.25, 0.3) is 0 Å². The third-order valence-electron chi connectivity index (χ3n) is 7.30. The van der Waals surface area contributed by atoms with Crippen LogP contribution in [0.5, 0.6) is 5.75 Å². The lowest BCUT2D eigenvalue weighted by molar-refractivity contribution is -0.140. The molecule has 1 saturated carbocycles. The van der Waals surface area contributed by atoms with Gasteiger partial charge in [-0.3, -0.25) is 4.79 Å². The number of hydrogen-bond acceptors (Lipinski definition) is 4. The average Bonchev–Trinajstić information content (AvgIpc) is 3.17. The first-order chi connectivity index (χ1) is 14.4. The van der Waals surface area contributed by atoms with Crippen LogP contribution in [0, 0.1) is 5.92 Å². The highest BCUT2D eigenvalue weighted by Crippen LogP contribution is 2.54. The Morgan fingerprint density at radius 1 is 1.26 bits per heavy atom. The van der Waals surface area contributed by atoms with Gasteiger partial charge in [0.2, 0.25) is 0 Å². The number of benzene rings is 1. The summed E-state index contributed by atoms with van der Waals surface area (Å²) in [5.41, 5.74) is 3.84. The van der Waals surface area contributed by atoms with Gasteiger partial charge < -0.3 is 13.9 Å². The van der Waals surface area contributed by atoms with Crippen molar-refractivity contribution in [2.45, 2.75) is 96.6 Å². The van der Waals surface area contributed by atoms with Crippen LogP contribution in [0.4, 0.5) is 0 Å². The molecule has 1 aliphatic heterocycles. The van der Waals surface area contributed by atoms with Gasteiger partial charge >= 0.3 is 5.97 Å². The number of esters is 1. The zero-order chi connectivity index (χ0) is 23.0. The number of allylic oxidation sites excluding steroid dienone is 1. The Hall–Kier alpha value is -1.59. The Morgan fingerprint density at radius 2 is 1.97 bits per heavy atom. The third-order valence-corrected chi connectivity index (χ3v) is 11.8. The molecule has 0 bridgehead atoms. The number of fused-ring (bicyclic) bond motifs is 3. The molecule has 1 fully saturated rings. The minimum atomic E-state index is -1.87. The molecule has 1 aromatic carbocycles. The molecule has 1 heterocycles. The van der Waals surface area contributed by atoms with E-state index in [-0.39, 0.29) is 23.2 Å². The number of methoxy groups -OCH3 is 1. The van der Waals surface area contributed by atoms with E-state index in [9.17, 15) is 4.79 Å². The summed E-state index contributed by atoms with van der Waals surface area (Å²) in [6.07, 6.45) is 5.74. The van der Waals surface area contributed by atoms with E-state index in [1.807, 2.05) is 0 Å². The fraction of sp³-hybridized carbons (Fsp3) is 0.654. The van der Waals surface area contributed by atoms with Crippen LogP contribution in [0.3, 0.4) is 0 Å². The van der Waals surface area contributed by atoms with E-state index in [1.165, 1.54) is 23.8 Å². The number of hydrogen-bond donors (Lipinski definition) is 0. The highest BCUT2D eigenvalue weighted by molar-refractivity contribution is 6.74. The Morgan fingerprint density at radius 3 is 2.58 bits per heavy atom. The molecule has 0 aromatic heterocycles. The summed E-state index contributed by atoms with van der Waals surface area (Å²) in [6.45, 7) is 15.9. The van der Waals surface area contributed by atoms with Crippen molar-refractivity contribution < 1.29 is 18.7 Å². The van der Waals surface area contributed by atoms with Crippen LogP contribution in [-0.2, 0) is 20.4 Å². The molecular weight excluding hydrogens is 404 g/mol. The van der Waals surface area contributed by atoms with E-state index in [4.69, 9.17) is 13.9 Å². The monoisotopic (exact) mass is 444 g/mol. The van der Waals surface area contributed by atoms with Crippen LogP contribution in [0.15, 0.2) is 29.8 Å². The maximum atomic E-state index is 11.5. The molecule has 4 nitrogen and oxygen atoms in total. The summed E-state index contributed by atoms with van der Waals surface area (Å²) in [6, 6.07) is 6.50. The first kappa shape index (κ1) is 24.1. The maximum absolute atomic E-state index is 11.5. The van der Waals surface area contributed by atoms with E-state index in [2.05, 4.69) is 72.0 Å². The van der Waals surface area contributed by atoms with Crippen LogP contribution in [0.25, 0.3) is 0 Å². The first-order valence-electron chi connectivity index (χ1n) is 11.6. The van der Waals surface area contributed by atoms with Crippen molar-refractivity contribution in [1.82, 2.24) is 0 Å². The summed E-state index contributed by atoms with van der Waals surface area (Å²) in [5, 5.41) is 0.186. The molecule has 5 heteroatoms. The van der Waals surface area contributed by atoms with Crippen LogP contribution < -0.4 is 4.74 Å². The van der Waals surface area contributed by atoms with Gasteiger partial charge in [-0.2, -0.15) is 0 Å². The molecule has 0 amide bonds. The van der Waals surface area contributed by atoms with Crippen LogP contribution in [-0.4, -0.2) is 33.6 Å².